The van der Waals surface area contributed by atoms with E-state index in [-0.39, 0.29) is 12.5 Å². The van der Waals surface area contributed by atoms with Crippen LogP contribution in [0.5, 0.6) is 0 Å². The van der Waals surface area contributed by atoms with E-state index in [9.17, 15) is 0 Å². The highest BCUT2D eigenvalue weighted by Gasteiger charge is 2.05. The molecule has 1 aromatic heterocycles. The fourth-order valence-electron chi connectivity index (χ4n) is 1.27. The van der Waals surface area contributed by atoms with Crippen molar-refractivity contribution in [3.05, 3.63) is 24.3 Å². The van der Waals surface area contributed by atoms with E-state index >= 15 is 0 Å². The van der Waals surface area contributed by atoms with Crippen molar-refractivity contribution in [1.29, 1.82) is 0 Å². The summed E-state index contributed by atoms with van der Waals surface area (Å²) in [5, 5.41) is 11.9. The molecule has 1 aromatic carbocycles. The summed E-state index contributed by atoms with van der Waals surface area (Å²) in [6.45, 7) is 2.77. The van der Waals surface area contributed by atoms with E-state index in [1.165, 1.54) is 0 Å². The van der Waals surface area contributed by atoms with Gasteiger partial charge < -0.3 is 14.8 Å². The molecule has 0 fully saturated rings. The van der Waals surface area contributed by atoms with Gasteiger partial charge in [-0.05, 0) is 18.1 Å². The van der Waals surface area contributed by atoms with Crippen LogP contribution in [0.2, 0.25) is 0 Å². The van der Waals surface area contributed by atoms with Gasteiger partial charge in [0, 0.05) is 13.2 Å². The van der Waals surface area contributed by atoms with Crippen molar-refractivity contribution in [2.45, 2.75) is 6.92 Å². The average molecular weight is 206 g/mol. The molecule has 0 aliphatic rings. The lowest BCUT2D eigenvalue weighted by molar-refractivity contribution is 0.243. The molecule has 0 aliphatic carbocycles. The van der Waals surface area contributed by atoms with E-state index in [0.29, 0.717) is 12.6 Å². The van der Waals surface area contributed by atoms with Gasteiger partial charge in [-0.25, -0.2) is 0 Å². The number of fused-ring (bicyclic) bond motifs is 1. The number of para-hydroxylation sites is 2. The largest absolute Gasteiger partial charge is 0.424 e. The Labute approximate surface area is 87.9 Å². The van der Waals surface area contributed by atoms with Gasteiger partial charge in [-0.2, -0.15) is 4.98 Å². The second-order valence-corrected chi connectivity index (χ2v) is 3.66. The number of aliphatic hydroxyl groups is 1. The van der Waals surface area contributed by atoms with Crippen LogP contribution in [0.25, 0.3) is 11.1 Å². The van der Waals surface area contributed by atoms with Crippen LogP contribution in [0.15, 0.2) is 28.7 Å². The molecular weight excluding hydrogens is 192 g/mol. The third-order valence-electron chi connectivity index (χ3n) is 2.21. The Morgan fingerprint density at radius 1 is 1.47 bits per heavy atom. The first-order chi connectivity index (χ1) is 7.29. The Balaban J connectivity index is 2.09. The molecule has 0 saturated carbocycles. The van der Waals surface area contributed by atoms with Gasteiger partial charge in [0.2, 0.25) is 0 Å². The lowest BCUT2D eigenvalue weighted by atomic mass is 10.2. The molecule has 0 saturated heterocycles. The van der Waals surface area contributed by atoms with Crippen LogP contribution in [0.4, 0.5) is 6.01 Å². The summed E-state index contributed by atoms with van der Waals surface area (Å²) in [7, 11) is 0. The van der Waals surface area contributed by atoms with Gasteiger partial charge >= 0.3 is 0 Å². The maximum atomic E-state index is 8.86. The van der Waals surface area contributed by atoms with Crippen LogP contribution in [-0.2, 0) is 0 Å². The third-order valence-corrected chi connectivity index (χ3v) is 2.21. The second kappa shape index (κ2) is 4.31. The number of aromatic nitrogens is 1. The first-order valence-corrected chi connectivity index (χ1v) is 5.00. The van der Waals surface area contributed by atoms with Crippen molar-refractivity contribution in [3.63, 3.8) is 0 Å². The predicted octanol–water partition coefficient (Wildman–Crippen LogP) is 1.87. The van der Waals surface area contributed by atoms with Gasteiger partial charge in [0.25, 0.3) is 6.01 Å². The lowest BCUT2D eigenvalue weighted by Crippen LogP contribution is -2.14. The summed E-state index contributed by atoms with van der Waals surface area (Å²) in [5.74, 6) is 0.194. The Morgan fingerprint density at radius 3 is 3.00 bits per heavy atom. The zero-order valence-corrected chi connectivity index (χ0v) is 8.60. The first-order valence-electron chi connectivity index (χ1n) is 5.00. The molecule has 80 valence electrons. The second-order valence-electron chi connectivity index (χ2n) is 3.66. The number of benzene rings is 1. The zero-order valence-electron chi connectivity index (χ0n) is 8.60. The molecule has 0 aliphatic heterocycles. The third kappa shape index (κ3) is 2.27. The number of hydrogen-bond acceptors (Lipinski definition) is 4. The predicted molar refractivity (Wildman–Crippen MR) is 58.7 cm³/mol. The van der Waals surface area contributed by atoms with Gasteiger partial charge in [0.15, 0.2) is 5.58 Å². The van der Waals surface area contributed by atoms with Crippen molar-refractivity contribution >= 4 is 17.1 Å². The molecule has 2 N–H and O–H groups in total. The number of oxazole rings is 1. The normalized spacial score (nSPS) is 12.9. The summed E-state index contributed by atoms with van der Waals surface area (Å²) in [6.07, 6.45) is 0. The maximum absolute atomic E-state index is 8.86. The summed E-state index contributed by atoms with van der Waals surface area (Å²) in [5.41, 5.74) is 1.62. The standard InChI is InChI=1S/C11H14N2O2/c1-8(7-14)6-12-11-13-9-4-2-3-5-10(9)15-11/h2-5,8,14H,6-7H2,1H3,(H,12,13). The molecule has 0 bridgehead atoms. The quantitative estimate of drug-likeness (QED) is 0.801. The van der Waals surface area contributed by atoms with Crippen LogP contribution >= 0.6 is 0 Å². The van der Waals surface area contributed by atoms with Gasteiger partial charge in [-0.15, -0.1) is 0 Å². The Bertz CT molecular complexity index is 406. The minimum absolute atomic E-state index is 0.160. The Morgan fingerprint density at radius 2 is 2.27 bits per heavy atom. The van der Waals surface area contributed by atoms with Gasteiger partial charge in [-0.1, -0.05) is 19.1 Å². The molecule has 1 atom stereocenters. The zero-order chi connectivity index (χ0) is 10.7. The number of aliphatic hydroxyl groups excluding tert-OH is 1. The Hall–Kier alpha value is -1.55. The van der Waals surface area contributed by atoms with Crippen molar-refractivity contribution < 1.29 is 9.52 Å². The fourth-order valence-corrected chi connectivity index (χ4v) is 1.27. The van der Waals surface area contributed by atoms with Crippen LogP contribution in [0, 0.1) is 5.92 Å². The monoisotopic (exact) mass is 206 g/mol. The van der Waals surface area contributed by atoms with Crippen LogP contribution in [0.1, 0.15) is 6.92 Å². The van der Waals surface area contributed by atoms with Crippen molar-refractivity contribution in [1.82, 2.24) is 4.98 Å². The molecule has 0 radical (unpaired) electrons. The molecule has 1 heterocycles. The SMILES string of the molecule is CC(CO)CNc1nc2ccccc2o1. The molecular formula is C11H14N2O2. The van der Waals surface area contributed by atoms with Gasteiger partial charge in [0.05, 0.1) is 0 Å². The van der Waals surface area contributed by atoms with E-state index in [4.69, 9.17) is 9.52 Å². The lowest BCUT2D eigenvalue weighted by Gasteiger charge is -2.06. The van der Waals surface area contributed by atoms with E-state index < -0.39 is 0 Å². The van der Waals surface area contributed by atoms with Crippen molar-refractivity contribution in [2.75, 3.05) is 18.5 Å². The number of nitrogens with one attached hydrogen (secondary N) is 1. The highest BCUT2D eigenvalue weighted by molar-refractivity contribution is 5.74. The number of nitrogens with zero attached hydrogens (tertiary/aromatic N) is 1. The van der Waals surface area contributed by atoms with Crippen molar-refractivity contribution in [3.8, 4) is 0 Å². The minimum atomic E-state index is 0.160. The maximum Gasteiger partial charge on any atom is 0.295 e. The van der Waals surface area contributed by atoms with Gasteiger partial charge in [-0.3, -0.25) is 0 Å². The van der Waals surface area contributed by atoms with E-state index in [0.717, 1.165) is 11.1 Å². The molecule has 4 nitrogen and oxygen atoms in total. The van der Waals surface area contributed by atoms with Crippen molar-refractivity contribution in [2.24, 2.45) is 5.92 Å². The molecule has 4 heteroatoms. The van der Waals surface area contributed by atoms with Gasteiger partial charge in [0.1, 0.15) is 5.52 Å². The molecule has 1 unspecified atom stereocenters. The molecule has 15 heavy (non-hydrogen) atoms. The summed E-state index contributed by atoms with van der Waals surface area (Å²) in [4.78, 5) is 4.26. The van der Waals surface area contributed by atoms with E-state index in [2.05, 4.69) is 10.3 Å². The first kappa shape index (κ1) is 9.98. The average Bonchev–Trinajstić information content (AvgIpc) is 2.68. The highest BCUT2D eigenvalue weighted by Crippen LogP contribution is 2.17. The van der Waals surface area contributed by atoms with E-state index in [1.54, 1.807) is 0 Å². The fraction of sp³-hybridized carbons (Fsp3) is 0.364. The molecule has 0 spiro atoms. The Kier molecular flexibility index (Phi) is 2.87. The summed E-state index contributed by atoms with van der Waals surface area (Å²) >= 11 is 0. The van der Waals surface area contributed by atoms with Crippen LogP contribution in [-0.4, -0.2) is 23.2 Å². The van der Waals surface area contributed by atoms with E-state index in [1.807, 2.05) is 31.2 Å². The molecule has 0 amide bonds. The summed E-state index contributed by atoms with van der Waals surface area (Å²) in [6, 6.07) is 8.12. The number of hydrogen-bond donors (Lipinski definition) is 2. The smallest absolute Gasteiger partial charge is 0.295 e. The summed E-state index contributed by atoms with van der Waals surface area (Å²) < 4.78 is 5.46. The van der Waals surface area contributed by atoms with Crippen LogP contribution < -0.4 is 5.32 Å². The molecule has 2 rings (SSSR count). The van der Waals surface area contributed by atoms with Crippen LogP contribution in [0.3, 0.4) is 0 Å². The number of rotatable bonds is 4. The highest BCUT2D eigenvalue weighted by atomic mass is 16.4. The number of anilines is 1. The molecule has 2 aromatic rings. The minimum Gasteiger partial charge on any atom is -0.424 e. The topological polar surface area (TPSA) is 58.3 Å².